The van der Waals surface area contributed by atoms with Gasteiger partial charge in [-0.05, 0) is 42.3 Å². The molecule has 0 aliphatic carbocycles. The molecule has 8 heteroatoms. The number of para-hydroxylation sites is 1. The number of hydrogen-bond donors (Lipinski definition) is 4. The first-order valence-corrected chi connectivity index (χ1v) is 8.37. The molecular formula is C17H16Cl2N4O2. The topological polar surface area (TPSA) is 85.8 Å². The third-order valence-electron chi connectivity index (χ3n) is 3.87. The fourth-order valence-electron chi connectivity index (χ4n) is 2.55. The van der Waals surface area contributed by atoms with Gasteiger partial charge in [0.2, 0.25) is 0 Å². The van der Waals surface area contributed by atoms with Crippen LogP contribution in [0.2, 0.25) is 10.0 Å². The van der Waals surface area contributed by atoms with Gasteiger partial charge in [-0.3, -0.25) is 4.79 Å². The molecule has 1 aliphatic heterocycles. The summed E-state index contributed by atoms with van der Waals surface area (Å²) in [6.07, 6.45) is 1.89. The van der Waals surface area contributed by atoms with Crippen molar-refractivity contribution in [3.05, 3.63) is 63.6 Å². The van der Waals surface area contributed by atoms with Gasteiger partial charge < -0.3 is 5.11 Å². The number of benzene rings is 2. The Hall–Kier alpha value is -2.12. The first-order chi connectivity index (χ1) is 12.0. The average molecular weight is 379 g/mol. The highest BCUT2D eigenvalue weighted by atomic mass is 35.5. The maximum atomic E-state index is 12.2. The molecule has 1 heterocycles. The Morgan fingerprint density at radius 2 is 2.04 bits per heavy atom. The number of halogens is 2. The van der Waals surface area contributed by atoms with Gasteiger partial charge in [-0.15, -0.1) is 0 Å². The van der Waals surface area contributed by atoms with Gasteiger partial charge in [0, 0.05) is 21.7 Å². The van der Waals surface area contributed by atoms with Gasteiger partial charge in [0.05, 0.1) is 6.21 Å². The van der Waals surface area contributed by atoms with Crippen LogP contribution in [0.1, 0.15) is 23.6 Å². The summed E-state index contributed by atoms with van der Waals surface area (Å²) in [7, 11) is 0. The summed E-state index contributed by atoms with van der Waals surface area (Å²) in [6.45, 7) is 0. The molecule has 0 aromatic heterocycles. The molecule has 1 saturated heterocycles. The minimum Gasteiger partial charge on any atom is -0.507 e. The second-order valence-electron chi connectivity index (χ2n) is 5.59. The predicted octanol–water partition coefficient (Wildman–Crippen LogP) is 2.76. The van der Waals surface area contributed by atoms with Crippen LogP contribution in [-0.4, -0.2) is 23.3 Å². The molecule has 2 atom stereocenters. The largest absolute Gasteiger partial charge is 0.507 e. The van der Waals surface area contributed by atoms with Crippen molar-refractivity contribution in [3.63, 3.8) is 0 Å². The van der Waals surface area contributed by atoms with Crippen molar-refractivity contribution < 1.29 is 9.90 Å². The van der Waals surface area contributed by atoms with Crippen LogP contribution >= 0.6 is 23.2 Å². The molecule has 6 nitrogen and oxygen atoms in total. The second kappa shape index (κ2) is 7.84. The van der Waals surface area contributed by atoms with E-state index in [1.807, 2.05) is 0 Å². The van der Waals surface area contributed by atoms with E-state index in [0.717, 1.165) is 5.56 Å². The second-order valence-corrected chi connectivity index (χ2v) is 6.43. The molecule has 3 rings (SSSR count). The molecule has 2 unspecified atom stereocenters. The van der Waals surface area contributed by atoms with E-state index in [0.29, 0.717) is 22.0 Å². The zero-order chi connectivity index (χ0) is 17.8. The van der Waals surface area contributed by atoms with Crippen molar-refractivity contribution in [1.29, 1.82) is 0 Å². The molecule has 1 aliphatic rings. The summed E-state index contributed by atoms with van der Waals surface area (Å²) < 4.78 is 0. The molecule has 0 saturated carbocycles. The zero-order valence-corrected chi connectivity index (χ0v) is 14.6. The monoisotopic (exact) mass is 378 g/mol. The van der Waals surface area contributed by atoms with E-state index < -0.39 is 6.04 Å². The lowest BCUT2D eigenvalue weighted by Gasteiger charge is -2.12. The van der Waals surface area contributed by atoms with Gasteiger partial charge in [-0.25, -0.2) is 16.3 Å². The number of rotatable bonds is 4. The fourth-order valence-corrected chi connectivity index (χ4v) is 2.98. The standard InChI is InChI=1S/C17H16Cl2N4O2/c18-11-5-6-13(19)12(7-11)14-8-15(22-21-14)17(25)23-20-9-10-3-1-2-4-16(10)24/h1-7,9,14-15,21-22,24H,8H2,(H,23,25)/b20-9+. The summed E-state index contributed by atoms with van der Waals surface area (Å²) in [5, 5.41) is 14.7. The summed E-state index contributed by atoms with van der Waals surface area (Å²) >= 11 is 12.2. The lowest BCUT2D eigenvalue weighted by molar-refractivity contribution is -0.122. The Kier molecular flexibility index (Phi) is 5.55. The molecule has 130 valence electrons. The summed E-state index contributed by atoms with van der Waals surface area (Å²) in [5.41, 5.74) is 9.77. The molecule has 1 fully saturated rings. The van der Waals surface area contributed by atoms with E-state index in [9.17, 15) is 9.90 Å². The predicted molar refractivity (Wildman–Crippen MR) is 97.7 cm³/mol. The molecule has 0 radical (unpaired) electrons. The van der Waals surface area contributed by atoms with Gasteiger partial charge in [-0.2, -0.15) is 5.10 Å². The molecule has 4 N–H and O–H groups in total. The van der Waals surface area contributed by atoms with Gasteiger partial charge in [0.25, 0.3) is 5.91 Å². The van der Waals surface area contributed by atoms with Crippen molar-refractivity contribution in [2.75, 3.05) is 0 Å². The zero-order valence-electron chi connectivity index (χ0n) is 13.0. The van der Waals surface area contributed by atoms with Crippen molar-refractivity contribution in [3.8, 4) is 5.75 Å². The number of phenols is 1. The van der Waals surface area contributed by atoms with Crippen molar-refractivity contribution >= 4 is 35.3 Å². The van der Waals surface area contributed by atoms with E-state index in [2.05, 4.69) is 21.4 Å². The third kappa shape index (κ3) is 4.29. The summed E-state index contributed by atoms with van der Waals surface area (Å²) in [4.78, 5) is 12.2. The minimum atomic E-state index is -0.471. The van der Waals surface area contributed by atoms with Crippen molar-refractivity contribution in [2.45, 2.75) is 18.5 Å². The van der Waals surface area contributed by atoms with Crippen LogP contribution in [0.5, 0.6) is 5.75 Å². The minimum absolute atomic E-state index is 0.0943. The Morgan fingerprint density at radius 1 is 1.24 bits per heavy atom. The number of phenolic OH excluding ortho intramolecular Hbond substituents is 1. The number of carbonyl (C=O) groups excluding carboxylic acids is 1. The van der Waals surface area contributed by atoms with E-state index in [1.165, 1.54) is 6.21 Å². The van der Waals surface area contributed by atoms with Crippen LogP contribution in [0.15, 0.2) is 47.6 Å². The highest BCUT2D eigenvalue weighted by molar-refractivity contribution is 6.33. The lowest BCUT2D eigenvalue weighted by atomic mass is 10.0. The van der Waals surface area contributed by atoms with Crippen LogP contribution in [0.3, 0.4) is 0 Å². The SMILES string of the molecule is O=C(N/N=C/c1ccccc1O)C1CC(c2cc(Cl)ccc2Cl)NN1. The molecule has 2 aromatic rings. The van der Waals surface area contributed by atoms with Crippen molar-refractivity contribution in [1.82, 2.24) is 16.3 Å². The smallest absolute Gasteiger partial charge is 0.258 e. The van der Waals surface area contributed by atoms with Crippen LogP contribution in [0.25, 0.3) is 0 Å². The van der Waals surface area contributed by atoms with E-state index >= 15 is 0 Å². The van der Waals surface area contributed by atoms with Crippen LogP contribution in [-0.2, 0) is 4.79 Å². The number of nitrogens with one attached hydrogen (secondary N) is 3. The highest BCUT2D eigenvalue weighted by Crippen LogP contribution is 2.30. The average Bonchev–Trinajstić information content (AvgIpc) is 3.08. The van der Waals surface area contributed by atoms with Gasteiger partial charge in [-0.1, -0.05) is 35.3 Å². The molecular weight excluding hydrogens is 363 g/mol. The number of nitrogens with zero attached hydrogens (tertiary/aromatic N) is 1. The first kappa shape index (κ1) is 17.7. The molecule has 25 heavy (non-hydrogen) atoms. The summed E-state index contributed by atoms with van der Waals surface area (Å²) in [5.74, 6) is -0.198. The number of amides is 1. The summed E-state index contributed by atoms with van der Waals surface area (Å²) in [6, 6.07) is 11.3. The number of hydrazine groups is 1. The Labute approximate surface area is 154 Å². The van der Waals surface area contributed by atoms with Gasteiger partial charge >= 0.3 is 0 Å². The van der Waals surface area contributed by atoms with Crippen molar-refractivity contribution in [2.24, 2.45) is 5.10 Å². The lowest BCUT2D eigenvalue weighted by Crippen LogP contribution is -2.41. The number of hydrazone groups is 1. The first-order valence-electron chi connectivity index (χ1n) is 7.61. The quantitative estimate of drug-likeness (QED) is 0.486. The number of carbonyl (C=O) groups is 1. The van der Waals surface area contributed by atoms with E-state index in [4.69, 9.17) is 23.2 Å². The van der Waals surface area contributed by atoms with Crippen LogP contribution < -0.4 is 16.3 Å². The molecule has 2 aromatic carbocycles. The normalized spacial score (nSPS) is 20.1. The molecule has 1 amide bonds. The van der Waals surface area contributed by atoms with Gasteiger partial charge in [0.15, 0.2) is 0 Å². The number of hydrogen-bond acceptors (Lipinski definition) is 5. The van der Waals surface area contributed by atoms with E-state index in [-0.39, 0.29) is 17.7 Å². The Bertz CT molecular complexity index is 813. The third-order valence-corrected chi connectivity index (χ3v) is 4.45. The van der Waals surface area contributed by atoms with Crippen LogP contribution in [0, 0.1) is 0 Å². The Balaban J connectivity index is 1.59. The maximum absolute atomic E-state index is 12.2. The number of aromatic hydroxyl groups is 1. The van der Waals surface area contributed by atoms with Crippen LogP contribution in [0.4, 0.5) is 0 Å². The Morgan fingerprint density at radius 3 is 2.84 bits per heavy atom. The van der Waals surface area contributed by atoms with E-state index in [1.54, 1.807) is 42.5 Å². The molecule has 0 spiro atoms. The maximum Gasteiger partial charge on any atom is 0.258 e. The highest BCUT2D eigenvalue weighted by Gasteiger charge is 2.31. The van der Waals surface area contributed by atoms with Gasteiger partial charge in [0.1, 0.15) is 11.8 Å². The molecule has 0 bridgehead atoms. The fraction of sp³-hybridized carbons (Fsp3) is 0.176.